The summed E-state index contributed by atoms with van der Waals surface area (Å²) in [5, 5.41) is 3.08. The van der Waals surface area contributed by atoms with Crippen LogP contribution in [0.3, 0.4) is 0 Å². The molecule has 0 saturated carbocycles. The van der Waals surface area contributed by atoms with Gasteiger partial charge in [0, 0.05) is 25.0 Å². The lowest BCUT2D eigenvalue weighted by molar-refractivity contribution is -0.126. The fourth-order valence-electron chi connectivity index (χ4n) is 3.34. The zero-order valence-corrected chi connectivity index (χ0v) is 17.2. The van der Waals surface area contributed by atoms with Crippen LogP contribution in [0.4, 0.5) is 0 Å². The zero-order valence-electron chi connectivity index (χ0n) is 16.4. The number of piperidine rings is 1. The van der Waals surface area contributed by atoms with E-state index in [9.17, 15) is 13.2 Å². The molecule has 26 heavy (non-hydrogen) atoms. The maximum Gasteiger partial charge on any atom is 0.243 e. The van der Waals surface area contributed by atoms with Crippen LogP contribution in [0.2, 0.25) is 0 Å². The van der Waals surface area contributed by atoms with Crippen LogP contribution in [0.25, 0.3) is 0 Å². The average Bonchev–Trinajstić information content (AvgIpc) is 2.66. The quantitative estimate of drug-likeness (QED) is 0.787. The molecule has 1 saturated heterocycles. The number of benzene rings is 1. The molecule has 0 aromatic heterocycles. The Kier molecular flexibility index (Phi) is 7.24. The number of sulfonamides is 1. The third-order valence-electron chi connectivity index (χ3n) is 5.34. The number of nitrogens with zero attached hydrogens (tertiary/aromatic N) is 1. The van der Waals surface area contributed by atoms with E-state index in [4.69, 9.17) is 0 Å². The Morgan fingerprint density at radius 2 is 1.65 bits per heavy atom. The summed E-state index contributed by atoms with van der Waals surface area (Å²) in [4.78, 5) is 12.7. The maximum atomic E-state index is 12.8. The first kappa shape index (κ1) is 20.9. The van der Waals surface area contributed by atoms with E-state index in [1.165, 1.54) is 4.31 Å². The maximum absolute atomic E-state index is 12.8. The average molecular weight is 381 g/mol. The number of nitrogens with one attached hydrogen (secondary N) is 1. The number of hydrogen-bond donors (Lipinski definition) is 1. The van der Waals surface area contributed by atoms with Gasteiger partial charge in [-0.15, -0.1) is 0 Å². The van der Waals surface area contributed by atoms with Gasteiger partial charge in [0.1, 0.15) is 0 Å². The first-order valence-electron chi connectivity index (χ1n) is 9.70. The molecule has 0 spiro atoms. The molecule has 1 aliphatic rings. The molecule has 1 aliphatic heterocycles. The summed E-state index contributed by atoms with van der Waals surface area (Å²) in [6.07, 6.45) is 2.99. The fraction of sp³-hybridized carbons (Fsp3) is 0.650. The van der Waals surface area contributed by atoms with Crippen LogP contribution < -0.4 is 5.32 Å². The smallest absolute Gasteiger partial charge is 0.243 e. The molecule has 0 atom stereocenters. The predicted octanol–water partition coefficient (Wildman–Crippen LogP) is 3.52. The summed E-state index contributed by atoms with van der Waals surface area (Å²) in [7, 11) is -3.48. The minimum Gasteiger partial charge on any atom is -0.353 e. The molecule has 0 unspecified atom stereocenters. The Morgan fingerprint density at radius 3 is 2.12 bits per heavy atom. The second-order valence-corrected chi connectivity index (χ2v) is 9.36. The van der Waals surface area contributed by atoms with Crippen LogP contribution in [0, 0.1) is 5.92 Å². The normalized spacial score (nSPS) is 17.0. The van der Waals surface area contributed by atoms with Gasteiger partial charge in [-0.05, 0) is 49.3 Å². The molecule has 0 radical (unpaired) electrons. The van der Waals surface area contributed by atoms with Crippen molar-refractivity contribution in [3.05, 3.63) is 29.8 Å². The van der Waals surface area contributed by atoms with E-state index in [1.54, 1.807) is 12.1 Å². The van der Waals surface area contributed by atoms with E-state index in [2.05, 4.69) is 33.0 Å². The van der Waals surface area contributed by atoms with Crippen molar-refractivity contribution in [2.24, 2.45) is 5.92 Å². The standard InChI is InChI=1S/C20H32N2O3S/c1-5-18(6-2)21-20(23)17-11-13-22(14-12-17)26(24,25)19-9-7-16(8-10-19)15(3)4/h7-10,15,17-18H,5-6,11-14H2,1-4H3,(H,21,23). The van der Waals surface area contributed by atoms with E-state index in [0.717, 1.165) is 18.4 Å². The largest absolute Gasteiger partial charge is 0.353 e. The lowest BCUT2D eigenvalue weighted by Gasteiger charge is -2.31. The van der Waals surface area contributed by atoms with Gasteiger partial charge < -0.3 is 5.32 Å². The van der Waals surface area contributed by atoms with E-state index in [0.29, 0.717) is 36.7 Å². The van der Waals surface area contributed by atoms with Crippen molar-refractivity contribution in [2.45, 2.75) is 70.2 Å². The van der Waals surface area contributed by atoms with Crippen molar-refractivity contribution in [1.29, 1.82) is 0 Å². The van der Waals surface area contributed by atoms with Crippen LogP contribution in [0.15, 0.2) is 29.2 Å². The highest BCUT2D eigenvalue weighted by molar-refractivity contribution is 7.89. The van der Waals surface area contributed by atoms with Crippen molar-refractivity contribution < 1.29 is 13.2 Å². The van der Waals surface area contributed by atoms with Gasteiger partial charge in [-0.3, -0.25) is 4.79 Å². The van der Waals surface area contributed by atoms with Gasteiger partial charge in [-0.2, -0.15) is 4.31 Å². The predicted molar refractivity (Wildman–Crippen MR) is 105 cm³/mol. The third kappa shape index (κ3) is 4.86. The fourth-order valence-corrected chi connectivity index (χ4v) is 4.81. The zero-order chi connectivity index (χ0) is 19.3. The van der Waals surface area contributed by atoms with Crippen LogP contribution in [0.5, 0.6) is 0 Å². The second kappa shape index (κ2) is 9.00. The van der Waals surface area contributed by atoms with Crippen LogP contribution in [-0.2, 0) is 14.8 Å². The molecule has 5 nitrogen and oxygen atoms in total. The van der Waals surface area contributed by atoms with Crippen LogP contribution in [-0.4, -0.2) is 37.8 Å². The summed E-state index contributed by atoms with van der Waals surface area (Å²) >= 11 is 0. The van der Waals surface area contributed by atoms with Gasteiger partial charge in [0.25, 0.3) is 0 Å². The van der Waals surface area contributed by atoms with E-state index >= 15 is 0 Å². The monoisotopic (exact) mass is 380 g/mol. The Balaban J connectivity index is 1.98. The molecular weight excluding hydrogens is 348 g/mol. The van der Waals surface area contributed by atoms with E-state index in [1.807, 2.05) is 12.1 Å². The second-order valence-electron chi connectivity index (χ2n) is 7.42. The molecule has 0 bridgehead atoms. The minimum absolute atomic E-state index is 0.0667. The Hall–Kier alpha value is -1.40. The van der Waals surface area contributed by atoms with Gasteiger partial charge in [0.15, 0.2) is 0 Å². The highest BCUT2D eigenvalue weighted by atomic mass is 32.2. The summed E-state index contributed by atoms with van der Waals surface area (Å²) < 4.78 is 27.2. The van der Waals surface area contributed by atoms with Gasteiger partial charge in [0.2, 0.25) is 15.9 Å². The molecule has 1 heterocycles. The minimum atomic E-state index is -3.48. The molecule has 1 aromatic carbocycles. The Morgan fingerprint density at radius 1 is 1.12 bits per heavy atom. The molecule has 0 aliphatic carbocycles. The highest BCUT2D eigenvalue weighted by Gasteiger charge is 2.32. The van der Waals surface area contributed by atoms with Gasteiger partial charge in [-0.1, -0.05) is 39.8 Å². The third-order valence-corrected chi connectivity index (χ3v) is 7.25. The van der Waals surface area contributed by atoms with Crippen molar-refractivity contribution in [3.63, 3.8) is 0 Å². The van der Waals surface area contributed by atoms with Crippen molar-refractivity contribution in [3.8, 4) is 0 Å². The van der Waals surface area contributed by atoms with E-state index < -0.39 is 10.0 Å². The SMILES string of the molecule is CCC(CC)NC(=O)C1CCN(S(=O)(=O)c2ccc(C(C)C)cc2)CC1. The first-order chi connectivity index (χ1) is 12.3. The van der Waals surface area contributed by atoms with Crippen LogP contribution >= 0.6 is 0 Å². The molecule has 2 rings (SSSR count). The van der Waals surface area contributed by atoms with Crippen molar-refractivity contribution in [2.75, 3.05) is 13.1 Å². The molecule has 6 heteroatoms. The molecular formula is C20H32N2O3S. The van der Waals surface area contributed by atoms with Crippen molar-refractivity contribution >= 4 is 15.9 Å². The number of rotatable bonds is 7. The number of amides is 1. The molecule has 1 N–H and O–H groups in total. The summed E-state index contributed by atoms with van der Waals surface area (Å²) in [5.74, 6) is 0.346. The summed E-state index contributed by atoms with van der Waals surface area (Å²) in [6, 6.07) is 7.36. The Bertz CT molecular complexity index is 686. The van der Waals surface area contributed by atoms with Gasteiger partial charge in [0.05, 0.1) is 4.90 Å². The molecule has 146 valence electrons. The topological polar surface area (TPSA) is 66.5 Å². The van der Waals surface area contributed by atoms with E-state index in [-0.39, 0.29) is 17.9 Å². The van der Waals surface area contributed by atoms with Crippen LogP contribution in [0.1, 0.15) is 64.9 Å². The van der Waals surface area contributed by atoms with Gasteiger partial charge >= 0.3 is 0 Å². The molecule has 1 fully saturated rings. The van der Waals surface area contributed by atoms with Gasteiger partial charge in [-0.25, -0.2) is 8.42 Å². The summed E-state index contributed by atoms with van der Waals surface area (Å²) in [5.41, 5.74) is 1.13. The number of hydrogen-bond acceptors (Lipinski definition) is 3. The highest BCUT2D eigenvalue weighted by Crippen LogP contribution is 2.25. The molecule has 1 aromatic rings. The first-order valence-corrected chi connectivity index (χ1v) is 11.1. The lowest BCUT2D eigenvalue weighted by Crippen LogP contribution is -2.45. The molecule has 1 amide bonds. The summed E-state index contributed by atoms with van der Waals surface area (Å²) in [6.45, 7) is 9.09. The lowest BCUT2D eigenvalue weighted by atomic mass is 9.96. The number of carbonyl (C=O) groups is 1. The number of carbonyl (C=O) groups excluding carboxylic acids is 1. The van der Waals surface area contributed by atoms with Crippen molar-refractivity contribution in [1.82, 2.24) is 9.62 Å². The Labute approximate surface area is 158 Å².